The van der Waals surface area contributed by atoms with Crippen LogP contribution in [0.15, 0.2) is 30.5 Å². The van der Waals surface area contributed by atoms with Crippen LogP contribution in [0, 0.1) is 11.3 Å². The van der Waals surface area contributed by atoms with Crippen LogP contribution in [0.4, 0.5) is 4.79 Å². The van der Waals surface area contributed by atoms with Crippen molar-refractivity contribution in [3.8, 4) is 6.07 Å². The lowest BCUT2D eigenvalue weighted by Crippen LogP contribution is -2.45. The Kier molecular flexibility index (Phi) is 5.15. The summed E-state index contributed by atoms with van der Waals surface area (Å²) in [6.45, 7) is 2.75. The van der Waals surface area contributed by atoms with Gasteiger partial charge < -0.3 is 14.9 Å². The molecule has 6 nitrogen and oxygen atoms in total. The molecular weight excluding hydrogens is 316 g/mol. The number of pyridine rings is 1. The van der Waals surface area contributed by atoms with Gasteiger partial charge in [-0.25, -0.2) is 4.79 Å². The molecule has 0 spiro atoms. The highest BCUT2D eigenvalue weighted by Gasteiger charge is 2.24. The lowest BCUT2D eigenvalue weighted by Gasteiger charge is -2.35. The zero-order valence-corrected chi connectivity index (χ0v) is 14.4. The van der Waals surface area contributed by atoms with E-state index in [1.165, 1.54) is 10.5 Å². The van der Waals surface area contributed by atoms with Gasteiger partial charge in [0.2, 0.25) is 0 Å². The van der Waals surface area contributed by atoms with Gasteiger partial charge in [-0.2, -0.15) is 5.26 Å². The third-order valence-corrected chi connectivity index (χ3v) is 5.06. The van der Waals surface area contributed by atoms with Crippen LogP contribution in [0.25, 0.3) is 10.9 Å². The molecule has 3 rings (SSSR count). The molecule has 2 heterocycles. The van der Waals surface area contributed by atoms with E-state index in [9.17, 15) is 4.79 Å². The van der Waals surface area contributed by atoms with Crippen molar-refractivity contribution >= 4 is 17.0 Å². The van der Waals surface area contributed by atoms with Crippen LogP contribution in [0.5, 0.6) is 0 Å². The molecule has 0 saturated carbocycles. The summed E-state index contributed by atoms with van der Waals surface area (Å²) in [6.07, 6.45) is 3.61. The second kappa shape index (κ2) is 7.49. The molecule has 0 radical (unpaired) electrons. The third kappa shape index (κ3) is 3.89. The molecule has 0 aliphatic carbocycles. The van der Waals surface area contributed by atoms with Crippen LogP contribution in [0.3, 0.4) is 0 Å². The number of carboxylic acid groups (broad SMARTS) is 1. The average molecular weight is 338 g/mol. The predicted octanol–water partition coefficient (Wildman–Crippen LogP) is 2.72. The van der Waals surface area contributed by atoms with Gasteiger partial charge in [-0.1, -0.05) is 0 Å². The van der Waals surface area contributed by atoms with E-state index >= 15 is 0 Å². The molecule has 1 aromatic carbocycles. The molecule has 1 saturated heterocycles. The normalized spacial score (nSPS) is 15.8. The number of rotatable bonds is 4. The first-order chi connectivity index (χ1) is 12.1. The van der Waals surface area contributed by atoms with Gasteiger partial charge in [-0.15, -0.1) is 0 Å². The topological polar surface area (TPSA) is 80.5 Å². The Morgan fingerprint density at radius 3 is 2.84 bits per heavy atom. The number of nitrogens with zero attached hydrogens (tertiary/aromatic N) is 4. The van der Waals surface area contributed by atoms with Crippen LogP contribution in [0.1, 0.15) is 24.0 Å². The Labute approximate surface area is 147 Å². The number of fused-ring (bicyclic) bond motifs is 1. The Balaban J connectivity index is 1.62. The van der Waals surface area contributed by atoms with Gasteiger partial charge in [-0.05, 0) is 49.1 Å². The number of hydrogen-bond donors (Lipinski definition) is 1. The number of benzene rings is 1. The van der Waals surface area contributed by atoms with Crippen LogP contribution in [-0.4, -0.2) is 58.7 Å². The van der Waals surface area contributed by atoms with Crippen molar-refractivity contribution in [1.82, 2.24) is 14.8 Å². The molecule has 1 amide bonds. The van der Waals surface area contributed by atoms with Gasteiger partial charge in [0, 0.05) is 44.3 Å². The fourth-order valence-electron chi connectivity index (χ4n) is 3.46. The van der Waals surface area contributed by atoms with Crippen LogP contribution < -0.4 is 0 Å². The maximum atomic E-state index is 11.1. The minimum atomic E-state index is -0.852. The summed E-state index contributed by atoms with van der Waals surface area (Å²) in [5.41, 5.74) is 2.77. The van der Waals surface area contributed by atoms with Crippen molar-refractivity contribution in [3.63, 3.8) is 0 Å². The Bertz CT molecular complexity index is 807. The van der Waals surface area contributed by atoms with Crippen molar-refractivity contribution in [2.75, 3.05) is 26.7 Å². The number of nitriles is 1. The smallest absolute Gasteiger partial charge is 0.407 e. The summed E-state index contributed by atoms with van der Waals surface area (Å²) < 4.78 is 0. The predicted molar refractivity (Wildman–Crippen MR) is 95.4 cm³/mol. The van der Waals surface area contributed by atoms with Crippen LogP contribution in [0.2, 0.25) is 0 Å². The first kappa shape index (κ1) is 17.2. The molecule has 1 fully saturated rings. The minimum absolute atomic E-state index is 0.119. The summed E-state index contributed by atoms with van der Waals surface area (Å²) in [4.78, 5) is 19.2. The fraction of sp³-hybridized carbons (Fsp3) is 0.421. The zero-order chi connectivity index (χ0) is 17.8. The molecule has 1 aliphatic heterocycles. The largest absolute Gasteiger partial charge is 0.465 e. The Morgan fingerprint density at radius 1 is 1.40 bits per heavy atom. The fourth-order valence-corrected chi connectivity index (χ4v) is 3.46. The van der Waals surface area contributed by atoms with E-state index in [0.717, 1.165) is 49.8 Å². The molecule has 0 atom stereocenters. The van der Waals surface area contributed by atoms with Gasteiger partial charge in [0.15, 0.2) is 0 Å². The molecule has 0 bridgehead atoms. The third-order valence-electron chi connectivity index (χ3n) is 5.06. The van der Waals surface area contributed by atoms with E-state index in [4.69, 9.17) is 10.4 Å². The number of piperidine rings is 1. The molecule has 0 unspecified atom stereocenters. The highest BCUT2D eigenvalue weighted by molar-refractivity contribution is 5.83. The summed E-state index contributed by atoms with van der Waals surface area (Å²) >= 11 is 0. The Hall–Kier alpha value is -2.65. The Morgan fingerprint density at radius 2 is 2.16 bits per heavy atom. The maximum Gasteiger partial charge on any atom is 0.407 e. The number of likely N-dealkylation sites (tertiary alicyclic amines) is 1. The second-order valence-electron chi connectivity index (χ2n) is 6.53. The highest BCUT2D eigenvalue weighted by Crippen LogP contribution is 2.20. The molecule has 1 aliphatic rings. The van der Waals surface area contributed by atoms with E-state index in [-0.39, 0.29) is 6.04 Å². The molecule has 6 heteroatoms. The van der Waals surface area contributed by atoms with Crippen LogP contribution >= 0.6 is 0 Å². The molecule has 1 aromatic heterocycles. The number of carbonyl (C=O) groups is 1. The van der Waals surface area contributed by atoms with Gasteiger partial charge in [0.1, 0.15) is 0 Å². The second-order valence-corrected chi connectivity index (χ2v) is 6.53. The zero-order valence-electron chi connectivity index (χ0n) is 14.4. The summed E-state index contributed by atoms with van der Waals surface area (Å²) in [6, 6.07) is 9.92. The van der Waals surface area contributed by atoms with Crippen molar-refractivity contribution in [3.05, 3.63) is 41.6 Å². The van der Waals surface area contributed by atoms with E-state index in [1.54, 1.807) is 13.1 Å². The molecule has 1 N–H and O–H groups in total. The lowest BCUT2D eigenvalue weighted by molar-refractivity contribution is 0.105. The number of hydrogen-bond acceptors (Lipinski definition) is 4. The molecule has 2 aromatic rings. The molecule has 130 valence electrons. The van der Waals surface area contributed by atoms with E-state index in [2.05, 4.69) is 16.0 Å². The quantitative estimate of drug-likeness (QED) is 0.927. The van der Waals surface area contributed by atoms with Crippen molar-refractivity contribution in [2.45, 2.75) is 25.3 Å². The highest BCUT2D eigenvalue weighted by atomic mass is 16.4. The van der Waals surface area contributed by atoms with E-state index < -0.39 is 6.09 Å². The first-order valence-corrected chi connectivity index (χ1v) is 8.54. The van der Waals surface area contributed by atoms with Crippen molar-refractivity contribution in [2.24, 2.45) is 0 Å². The number of aromatic nitrogens is 1. The van der Waals surface area contributed by atoms with Crippen LogP contribution in [-0.2, 0) is 6.42 Å². The molecule has 25 heavy (non-hydrogen) atoms. The van der Waals surface area contributed by atoms with Crippen molar-refractivity contribution < 1.29 is 9.90 Å². The first-order valence-electron chi connectivity index (χ1n) is 8.54. The average Bonchev–Trinajstić information content (AvgIpc) is 2.65. The standard InChI is InChI=1S/C19H22N4O2/c1-22(19(24)25)16-6-10-23(11-7-16)9-5-15-4-8-21-18-3-2-14(13-20)12-17(15)18/h2-4,8,12,16H,5-7,9-11H2,1H3,(H,24,25). The minimum Gasteiger partial charge on any atom is -0.465 e. The van der Waals surface area contributed by atoms with Gasteiger partial charge in [-0.3, -0.25) is 4.98 Å². The summed E-state index contributed by atoms with van der Waals surface area (Å²) in [5.74, 6) is 0. The molecular formula is C19H22N4O2. The maximum absolute atomic E-state index is 11.1. The number of amides is 1. The summed E-state index contributed by atoms with van der Waals surface area (Å²) in [5, 5.41) is 19.2. The van der Waals surface area contributed by atoms with Crippen molar-refractivity contribution in [1.29, 1.82) is 5.26 Å². The van der Waals surface area contributed by atoms with E-state index in [0.29, 0.717) is 5.56 Å². The van der Waals surface area contributed by atoms with E-state index in [1.807, 2.05) is 24.4 Å². The lowest BCUT2D eigenvalue weighted by atomic mass is 10.0. The SMILES string of the molecule is CN(C(=O)O)C1CCN(CCc2ccnc3ccc(C#N)cc23)CC1. The van der Waals surface area contributed by atoms with Gasteiger partial charge >= 0.3 is 6.09 Å². The summed E-state index contributed by atoms with van der Waals surface area (Å²) in [7, 11) is 1.65. The van der Waals surface area contributed by atoms with Gasteiger partial charge in [0.25, 0.3) is 0 Å². The monoisotopic (exact) mass is 338 g/mol. The van der Waals surface area contributed by atoms with Gasteiger partial charge in [0.05, 0.1) is 17.1 Å².